The van der Waals surface area contributed by atoms with Crippen LogP contribution in [0.15, 0.2) is 34.5 Å². The highest BCUT2D eigenvalue weighted by atomic mass is 32.1. The standard InChI is InChI=1S/C17H18N2O5S/c1-23-17(22)14-13(5-8-25-14)18-15(20)11-3-2-6-19(9-11)16(21)12-4-7-24-10-12/h4-5,7-8,10-11H,2-3,6,9H2,1H3,(H,18,20). The van der Waals surface area contributed by atoms with Crippen LogP contribution in [0.2, 0.25) is 0 Å². The van der Waals surface area contributed by atoms with E-state index in [1.165, 1.54) is 31.0 Å². The molecule has 0 aliphatic carbocycles. The molecule has 0 bridgehead atoms. The summed E-state index contributed by atoms with van der Waals surface area (Å²) in [6, 6.07) is 3.28. The summed E-state index contributed by atoms with van der Waals surface area (Å²) in [5, 5.41) is 4.50. The molecule has 1 fully saturated rings. The molecule has 1 saturated heterocycles. The zero-order valence-electron chi connectivity index (χ0n) is 13.7. The van der Waals surface area contributed by atoms with Crippen LogP contribution in [0.5, 0.6) is 0 Å². The van der Waals surface area contributed by atoms with E-state index in [2.05, 4.69) is 5.32 Å². The second kappa shape index (κ2) is 7.52. The van der Waals surface area contributed by atoms with Crippen LogP contribution in [-0.2, 0) is 9.53 Å². The Hall–Kier alpha value is -2.61. The number of nitrogens with zero attached hydrogens (tertiary/aromatic N) is 1. The van der Waals surface area contributed by atoms with Crippen LogP contribution in [0.4, 0.5) is 5.69 Å². The highest BCUT2D eigenvalue weighted by molar-refractivity contribution is 7.12. The lowest BCUT2D eigenvalue weighted by molar-refractivity contribution is -0.121. The van der Waals surface area contributed by atoms with E-state index < -0.39 is 5.97 Å². The van der Waals surface area contributed by atoms with E-state index in [1.54, 1.807) is 22.4 Å². The number of anilines is 1. The number of carbonyl (C=O) groups is 3. The molecule has 1 atom stereocenters. The minimum Gasteiger partial charge on any atom is -0.472 e. The van der Waals surface area contributed by atoms with Gasteiger partial charge in [-0.1, -0.05) is 0 Å². The van der Waals surface area contributed by atoms with Gasteiger partial charge in [-0.2, -0.15) is 0 Å². The molecule has 1 unspecified atom stereocenters. The topological polar surface area (TPSA) is 88.9 Å². The largest absolute Gasteiger partial charge is 0.472 e. The Morgan fingerprint density at radius 1 is 1.36 bits per heavy atom. The Bertz CT molecular complexity index is 768. The smallest absolute Gasteiger partial charge is 0.350 e. The number of carbonyl (C=O) groups excluding carboxylic acids is 3. The van der Waals surface area contributed by atoms with Crippen LogP contribution in [0.25, 0.3) is 0 Å². The predicted molar refractivity (Wildman–Crippen MR) is 91.6 cm³/mol. The summed E-state index contributed by atoms with van der Waals surface area (Å²) in [5.41, 5.74) is 0.923. The zero-order chi connectivity index (χ0) is 17.8. The third kappa shape index (κ3) is 3.74. The molecule has 3 heterocycles. The summed E-state index contributed by atoms with van der Waals surface area (Å²) in [7, 11) is 1.30. The van der Waals surface area contributed by atoms with Crippen LogP contribution >= 0.6 is 11.3 Å². The number of methoxy groups -OCH3 is 1. The summed E-state index contributed by atoms with van der Waals surface area (Å²) in [4.78, 5) is 38.7. The first-order valence-electron chi connectivity index (χ1n) is 7.88. The number of esters is 1. The predicted octanol–water partition coefficient (Wildman–Crippen LogP) is 2.62. The van der Waals surface area contributed by atoms with E-state index in [0.717, 1.165) is 6.42 Å². The molecular formula is C17H18N2O5S. The number of ether oxygens (including phenoxy) is 1. The molecule has 1 aliphatic rings. The number of likely N-dealkylation sites (tertiary alicyclic amines) is 1. The van der Waals surface area contributed by atoms with E-state index in [-0.39, 0.29) is 17.7 Å². The van der Waals surface area contributed by atoms with E-state index in [1.807, 2.05) is 0 Å². The zero-order valence-corrected chi connectivity index (χ0v) is 14.5. The van der Waals surface area contributed by atoms with Gasteiger partial charge in [-0.15, -0.1) is 11.3 Å². The fourth-order valence-corrected chi connectivity index (χ4v) is 3.60. The lowest BCUT2D eigenvalue weighted by atomic mass is 9.96. The summed E-state index contributed by atoms with van der Waals surface area (Å²) in [5.74, 6) is -1.15. The number of furan rings is 1. The van der Waals surface area contributed by atoms with Crippen molar-refractivity contribution in [1.29, 1.82) is 0 Å². The number of nitrogens with one attached hydrogen (secondary N) is 1. The average molecular weight is 362 g/mol. The molecule has 2 aromatic rings. The summed E-state index contributed by atoms with van der Waals surface area (Å²) >= 11 is 1.21. The van der Waals surface area contributed by atoms with Gasteiger partial charge in [-0.3, -0.25) is 9.59 Å². The molecule has 0 saturated carbocycles. The molecule has 132 valence electrons. The minimum atomic E-state index is -0.481. The van der Waals surface area contributed by atoms with Crippen molar-refractivity contribution in [3.8, 4) is 0 Å². The average Bonchev–Trinajstić information content (AvgIpc) is 3.32. The van der Waals surface area contributed by atoms with Crippen LogP contribution in [0.1, 0.15) is 32.9 Å². The minimum absolute atomic E-state index is 0.142. The van der Waals surface area contributed by atoms with Crippen molar-refractivity contribution < 1.29 is 23.5 Å². The number of amides is 2. The molecule has 25 heavy (non-hydrogen) atoms. The van der Waals surface area contributed by atoms with Gasteiger partial charge in [0.2, 0.25) is 5.91 Å². The number of piperidine rings is 1. The van der Waals surface area contributed by atoms with Gasteiger partial charge in [0.15, 0.2) is 0 Å². The van der Waals surface area contributed by atoms with Gasteiger partial charge < -0.3 is 19.4 Å². The van der Waals surface area contributed by atoms with Crippen LogP contribution in [0.3, 0.4) is 0 Å². The van der Waals surface area contributed by atoms with Gasteiger partial charge in [0, 0.05) is 13.1 Å². The van der Waals surface area contributed by atoms with Crippen molar-refractivity contribution in [2.24, 2.45) is 5.92 Å². The highest BCUT2D eigenvalue weighted by Crippen LogP contribution is 2.25. The SMILES string of the molecule is COC(=O)c1sccc1NC(=O)C1CCCN(C(=O)c2ccoc2)C1. The van der Waals surface area contributed by atoms with E-state index >= 15 is 0 Å². The van der Waals surface area contributed by atoms with Crippen molar-refractivity contribution >= 4 is 34.8 Å². The second-order valence-electron chi connectivity index (χ2n) is 5.75. The lowest BCUT2D eigenvalue weighted by Gasteiger charge is -2.31. The van der Waals surface area contributed by atoms with E-state index in [9.17, 15) is 14.4 Å². The second-order valence-corrected chi connectivity index (χ2v) is 6.66. The maximum atomic E-state index is 12.6. The first kappa shape index (κ1) is 17.2. The summed E-state index contributed by atoms with van der Waals surface area (Å²) in [6.45, 7) is 0.952. The molecule has 0 radical (unpaired) electrons. The van der Waals surface area contributed by atoms with Crippen molar-refractivity contribution in [3.63, 3.8) is 0 Å². The molecule has 3 rings (SSSR count). The Balaban J connectivity index is 1.65. The molecule has 2 amide bonds. The summed E-state index contributed by atoms with van der Waals surface area (Å²) < 4.78 is 9.66. The normalized spacial score (nSPS) is 17.2. The van der Waals surface area contributed by atoms with Crippen LogP contribution in [-0.4, -0.2) is 42.9 Å². The van der Waals surface area contributed by atoms with Crippen LogP contribution in [0, 0.1) is 5.92 Å². The number of rotatable bonds is 4. The van der Waals surface area contributed by atoms with Gasteiger partial charge >= 0.3 is 5.97 Å². The highest BCUT2D eigenvalue weighted by Gasteiger charge is 2.30. The molecule has 0 spiro atoms. The molecule has 2 aromatic heterocycles. The molecule has 8 heteroatoms. The first-order valence-corrected chi connectivity index (χ1v) is 8.76. The Labute approximate surface area is 148 Å². The van der Waals surface area contributed by atoms with Gasteiger partial charge in [-0.25, -0.2) is 4.79 Å². The Kier molecular flexibility index (Phi) is 5.18. The Morgan fingerprint density at radius 2 is 2.20 bits per heavy atom. The van der Waals surface area contributed by atoms with E-state index in [0.29, 0.717) is 35.6 Å². The molecule has 1 N–H and O–H groups in total. The maximum absolute atomic E-state index is 12.6. The fourth-order valence-electron chi connectivity index (χ4n) is 2.84. The van der Waals surface area contributed by atoms with Gasteiger partial charge in [0.1, 0.15) is 11.1 Å². The van der Waals surface area contributed by atoms with Crippen molar-refractivity contribution in [2.75, 3.05) is 25.5 Å². The fraction of sp³-hybridized carbons (Fsp3) is 0.353. The lowest BCUT2D eigenvalue weighted by Crippen LogP contribution is -2.43. The number of thiophene rings is 1. The first-order chi connectivity index (χ1) is 12.1. The number of hydrogen-bond acceptors (Lipinski definition) is 6. The van der Waals surface area contributed by atoms with Gasteiger partial charge in [0.05, 0.1) is 30.5 Å². The third-order valence-corrected chi connectivity index (χ3v) is 5.04. The van der Waals surface area contributed by atoms with E-state index in [4.69, 9.17) is 9.15 Å². The maximum Gasteiger partial charge on any atom is 0.350 e. The van der Waals surface area contributed by atoms with Crippen molar-refractivity contribution in [1.82, 2.24) is 4.90 Å². The Morgan fingerprint density at radius 3 is 2.92 bits per heavy atom. The van der Waals surface area contributed by atoms with Gasteiger partial charge in [-0.05, 0) is 30.4 Å². The summed E-state index contributed by atoms with van der Waals surface area (Å²) in [6.07, 6.45) is 4.29. The van der Waals surface area contributed by atoms with Crippen LogP contribution < -0.4 is 5.32 Å². The third-order valence-electron chi connectivity index (χ3n) is 4.14. The number of hydrogen-bond donors (Lipinski definition) is 1. The molecule has 0 aromatic carbocycles. The molecule has 1 aliphatic heterocycles. The molecule has 7 nitrogen and oxygen atoms in total. The molecular weight excluding hydrogens is 344 g/mol. The van der Waals surface area contributed by atoms with Crippen molar-refractivity contribution in [2.45, 2.75) is 12.8 Å². The van der Waals surface area contributed by atoms with Crippen molar-refractivity contribution in [3.05, 3.63) is 40.5 Å². The monoisotopic (exact) mass is 362 g/mol. The van der Waals surface area contributed by atoms with Gasteiger partial charge in [0.25, 0.3) is 5.91 Å². The quantitative estimate of drug-likeness (QED) is 0.845.